The van der Waals surface area contributed by atoms with Gasteiger partial charge in [-0.15, -0.1) is 0 Å². The summed E-state index contributed by atoms with van der Waals surface area (Å²) in [6.45, 7) is 7.72. The minimum atomic E-state index is -1.06. The van der Waals surface area contributed by atoms with Crippen molar-refractivity contribution in [2.45, 2.75) is 11.8 Å². The summed E-state index contributed by atoms with van der Waals surface area (Å²) in [5.41, 5.74) is 1.14. The van der Waals surface area contributed by atoms with Crippen molar-refractivity contribution < 1.29 is 29.3 Å². The van der Waals surface area contributed by atoms with Crippen molar-refractivity contribution in [2.24, 2.45) is 11.8 Å². The molecule has 6 nitrogen and oxygen atoms in total. The standard InChI is InChI=1S/C24H24O6/c1-3-13-29-17-11-7-5-9-15(17)19-21(23(25)26)20(22(19)24(27)28)16-10-6-8-12-18(16)30-14-4-2/h3-12,19-22H,1-2,13-14H2,(H,25,26)(H,27,28). The summed E-state index contributed by atoms with van der Waals surface area (Å²) in [6, 6.07) is 13.9. The Morgan fingerprint density at radius 1 is 0.767 bits per heavy atom. The number of carboxylic acid groups (broad SMARTS) is 2. The highest BCUT2D eigenvalue weighted by Crippen LogP contribution is 2.60. The van der Waals surface area contributed by atoms with Gasteiger partial charge in [-0.1, -0.05) is 61.7 Å². The van der Waals surface area contributed by atoms with Crippen molar-refractivity contribution in [2.75, 3.05) is 13.2 Å². The van der Waals surface area contributed by atoms with E-state index in [2.05, 4.69) is 13.2 Å². The molecule has 0 aromatic heterocycles. The van der Waals surface area contributed by atoms with Gasteiger partial charge in [0.25, 0.3) is 0 Å². The molecule has 0 aliphatic heterocycles. The molecule has 1 fully saturated rings. The lowest BCUT2D eigenvalue weighted by Gasteiger charge is -2.48. The molecule has 2 N–H and O–H groups in total. The number of hydrogen-bond acceptors (Lipinski definition) is 4. The molecule has 0 bridgehead atoms. The fourth-order valence-electron chi connectivity index (χ4n) is 4.21. The first-order chi connectivity index (χ1) is 14.5. The second kappa shape index (κ2) is 9.31. The minimum Gasteiger partial charge on any atom is -0.489 e. The Labute approximate surface area is 175 Å². The maximum absolute atomic E-state index is 12.3. The normalized spacial score (nSPS) is 22.4. The molecule has 0 radical (unpaired) electrons. The minimum absolute atomic E-state index is 0.237. The van der Waals surface area contributed by atoms with Gasteiger partial charge in [0.05, 0.1) is 11.8 Å². The average Bonchev–Trinajstić information content (AvgIpc) is 2.71. The Kier molecular flexibility index (Phi) is 6.57. The van der Waals surface area contributed by atoms with E-state index >= 15 is 0 Å². The first-order valence-corrected chi connectivity index (χ1v) is 9.62. The second-order valence-electron chi connectivity index (χ2n) is 7.05. The third kappa shape index (κ3) is 3.94. The number of para-hydroxylation sites is 2. The van der Waals surface area contributed by atoms with Gasteiger partial charge in [-0.25, -0.2) is 0 Å². The van der Waals surface area contributed by atoms with Gasteiger partial charge in [0.1, 0.15) is 24.7 Å². The fourth-order valence-corrected chi connectivity index (χ4v) is 4.21. The number of carbonyl (C=O) groups is 2. The lowest BCUT2D eigenvalue weighted by Crippen LogP contribution is -2.51. The molecule has 3 rings (SSSR count). The molecule has 0 heterocycles. The Balaban J connectivity index is 2.07. The summed E-state index contributed by atoms with van der Waals surface area (Å²) in [7, 11) is 0. The van der Waals surface area contributed by atoms with Crippen LogP contribution in [-0.2, 0) is 9.59 Å². The van der Waals surface area contributed by atoms with Gasteiger partial charge in [-0.05, 0) is 23.3 Å². The molecule has 1 aliphatic rings. The molecular weight excluding hydrogens is 384 g/mol. The highest BCUT2D eigenvalue weighted by molar-refractivity contribution is 5.84. The number of ether oxygens (including phenoxy) is 2. The predicted molar refractivity (Wildman–Crippen MR) is 112 cm³/mol. The van der Waals surface area contributed by atoms with Gasteiger partial charge in [0, 0.05) is 11.8 Å². The number of hydrogen-bond donors (Lipinski definition) is 2. The van der Waals surface area contributed by atoms with Crippen LogP contribution in [0.25, 0.3) is 0 Å². The van der Waals surface area contributed by atoms with Crippen LogP contribution >= 0.6 is 0 Å². The predicted octanol–water partition coefficient (Wildman–Crippen LogP) is 4.10. The van der Waals surface area contributed by atoms with Crippen LogP contribution in [0.5, 0.6) is 11.5 Å². The van der Waals surface area contributed by atoms with Crippen molar-refractivity contribution in [1.29, 1.82) is 0 Å². The van der Waals surface area contributed by atoms with E-state index in [0.717, 1.165) is 0 Å². The zero-order chi connectivity index (χ0) is 21.7. The quantitative estimate of drug-likeness (QED) is 0.575. The van der Waals surface area contributed by atoms with E-state index in [9.17, 15) is 19.8 Å². The second-order valence-corrected chi connectivity index (χ2v) is 7.05. The summed E-state index contributed by atoms with van der Waals surface area (Å²) >= 11 is 0. The average molecular weight is 408 g/mol. The molecule has 1 aliphatic carbocycles. The molecule has 156 valence electrons. The van der Waals surface area contributed by atoms with E-state index in [1.54, 1.807) is 60.7 Å². The molecule has 0 saturated heterocycles. The maximum Gasteiger partial charge on any atom is 0.307 e. The Bertz CT molecular complexity index is 865. The number of carboxylic acids is 2. The molecule has 0 spiro atoms. The Hall–Kier alpha value is -3.54. The van der Waals surface area contributed by atoms with Crippen LogP contribution in [0.1, 0.15) is 23.0 Å². The maximum atomic E-state index is 12.3. The molecule has 0 unspecified atom stereocenters. The lowest BCUT2D eigenvalue weighted by molar-refractivity contribution is -0.160. The highest BCUT2D eigenvalue weighted by atomic mass is 16.5. The zero-order valence-corrected chi connectivity index (χ0v) is 16.4. The van der Waals surface area contributed by atoms with Crippen molar-refractivity contribution in [1.82, 2.24) is 0 Å². The molecule has 0 atom stereocenters. The van der Waals surface area contributed by atoms with E-state index in [0.29, 0.717) is 22.6 Å². The molecule has 30 heavy (non-hydrogen) atoms. The number of rotatable bonds is 10. The van der Waals surface area contributed by atoms with Crippen LogP contribution in [-0.4, -0.2) is 35.4 Å². The van der Waals surface area contributed by atoms with Gasteiger partial charge < -0.3 is 19.7 Å². The number of benzene rings is 2. The molecule has 0 amide bonds. The van der Waals surface area contributed by atoms with Crippen molar-refractivity contribution >= 4 is 11.9 Å². The van der Waals surface area contributed by atoms with Gasteiger partial charge in [-0.2, -0.15) is 0 Å². The SMILES string of the molecule is C=CCOc1ccccc1C1C(C(=O)O)C(c2ccccc2OCC=C)C1C(=O)O. The van der Waals surface area contributed by atoms with E-state index in [1.807, 2.05) is 0 Å². The summed E-state index contributed by atoms with van der Waals surface area (Å²) < 4.78 is 11.4. The first kappa shape index (κ1) is 21.2. The third-order valence-corrected chi connectivity index (χ3v) is 5.39. The van der Waals surface area contributed by atoms with Gasteiger partial charge >= 0.3 is 11.9 Å². The van der Waals surface area contributed by atoms with Crippen LogP contribution in [0, 0.1) is 11.8 Å². The summed E-state index contributed by atoms with van der Waals surface area (Å²) in [6.07, 6.45) is 3.16. The fraction of sp³-hybridized carbons (Fsp3) is 0.250. The molecule has 6 heteroatoms. The number of aliphatic carboxylic acids is 2. The van der Waals surface area contributed by atoms with Crippen molar-refractivity contribution in [3.63, 3.8) is 0 Å². The Morgan fingerprint density at radius 2 is 1.13 bits per heavy atom. The first-order valence-electron chi connectivity index (χ1n) is 9.62. The molecule has 1 saturated carbocycles. The van der Waals surface area contributed by atoms with Gasteiger partial charge in [0.2, 0.25) is 0 Å². The largest absolute Gasteiger partial charge is 0.489 e. The van der Waals surface area contributed by atoms with Crippen LogP contribution in [0.2, 0.25) is 0 Å². The molecule has 2 aromatic carbocycles. The van der Waals surface area contributed by atoms with E-state index in [1.165, 1.54) is 0 Å². The van der Waals surface area contributed by atoms with Crippen LogP contribution in [0.4, 0.5) is 0 Å². The Morgan fingerprint density at radius 3 is 1.47 bits per heavy atom. The van der Waals surface area contributed by atoms with Crippen LogP contribution in [0.3, 0.4) is 0 Å². The smallest absolute Gasteiger partial charge is 0.307 e. The zero-order valence-electron chi connectivity index (χ0n) is 16.4. The molecular formula is C24H24O6. The lowest BCUT2D eigenvalue weighted by atomic mass is 9.52. The highest BCUT2D eigenvalue weighted by Gasteiger charge is 2.60. The van der Waals surface area contributed by atoms with Crippen molar-refractivity contribution in [3.8, 4) is 11.5 Å². The van der Waals surface area contributed by atoms with E-state index in [4.69, 9.17) is 9.47 Å². The van der Waals surface area contributed by atoms with E-state index in [-0.39, 0.29) is 13.2 Å². The monoisotopic (exact) mass is 408 g/mol. The topological polar surface area (TPSA) is 93.1 Å². The van der Waals surface area contributed by atoms with Crippen LogP contribution in [0.15, 0.2) is 73.8 Å². The van der Waals surface area contributed by atoms with E-state index < -0.39 is 35.6 Å². The van der Waals surface area contributed by atoms with Crippen LogP contribution < -0.4 is 9.47 Å². The summed E-state index contributed by atoms with van der Waals surface area (Å²) in [5.74, 6) is -4.53. The third-order valence-electron chi connectivity index (χ3n) is 5.39. The van der Waals surface area contributed by atoms with Gasteiger partial charge in [-0.3, -0.25) is 9.59 Å². The van der Waals surface area contributed by atoms with Gasteiger partial charge in [0.15, 0.2) is 0 Å². The summed E-state index contributed by atoms with van der Waals surface area (Å²) in [5, 5.41) is 20.0. The van der Waals surface area contributed by atoms with Crippen molar-refractivity contribution in [3.05, 3.63) is 85.0 Å². The summed E-state index contributed by atoms with van der Waals surface area (Å²) in [4.78, 5) is 24.5. The molecule has 2 aromatic rings.